The Morgan fingerprint density at radius 1 is 1.40 bits per heavy atom. The van der Waals surface area contributed by atoms with E-state index in [9.17, 15) is 0 Å². The van der Waals surface area contributed by atoms with Crippen molar-refractivity contribution in [1.29, 1.82) is 0 Å². The van der Waals surface area contributed by atoms with Crippen LogP contribution in [-0.2, 0) is 4.74 Å². The van der Waals surface area contributed by atoms with Crippen molar-refractivity contribution in [3.05, 3.63) is 18.3 Å². The van der Waals surface area contributed by atoms with Gasteiger partial charge in [-0.3, -0.25) is 0 Å². The summed E-state index contributed by atoms with van der Waals surface area (Å²) in [5, 5.41) is 3.33. The second-order valence-electron chi connectivity index (χ2n) is 5.51. The smallest absolute Gasteiger partial charge is 0.213 e. The molecule has 0 bridgehead atoms. The summed E-state index contributed by atoms with van der Waals surface area (Å²) in [7, 11) is 3.85. The van der Waals surface area contributed by atoms with Crippen LogP contribution in [0.3, 0.4) is 0 Å². The van der Waals surface area contributed by atoms with Crippen LogP contribution < -0.4 is 10.1 Å². The van der Waals surface area contributed by atoms with Crippen molar-refractivity contribution in [3.8, 4) is 5.88 Å². The highest BCUT2D eigenvalue weighted by atomic mass is 16.5. The van der Waals surface area contributed by atoms with Crippen LogP contribution in [0, 0.1) is 0 Å². The first-order chi connectivity index (χ1) is 9.67. The normalized spacial score (nSPS) is 18.8. The Bertz CT molecular complexity index is 389. The van der Waals surface area contributed by atoms with Gasteiger partial charge in [-0.25, -0.2) is 4.98 Å². The molecule has 20 heavy (non-hydrogen) atoms. The van der Waals surface area contributed by atoms with E-state index in [1.54, 1.807) is 7.11 Å². The minimum atomic E-state index is 0.266. The number of nitrogens with zero attached hydrogens (tertiary/aromatic N) is 2. The van der Waals surface area contributed by atoms with E-state index >= 15 is 0 Å². The fourth-order valence-corrected chi connectivity index (χ4v) is 2.39. The van der Waals surface area contributed by atoms with Crippen molar-refractivity contribution in [1.82, 2.24) is 9.88 Å². The molecule has 1 aromatic rings. The maximum atomic E-state index is 5.92. The van der Waals surface area contributed by atoms with Crippen LogP contribution in [0.5, 0.6) is 5.88 Å². The molecule has 0 saturated carbocycles. The molecule has 0 amide bonds. The van der Waals surface area contributed by atoms with Crippen molar-refractivity contribution >= 4 is 5.69 Å². The molecule has 0 aliphatic carbocycles. The van der Waals surface area contributed by atoms with Gasteiger partial charge in [0.25, 0.3) is 0 Å². The lowest BCUT2D eigenvalue weighted by molar-refractivity contribution is 0.110. The standard InChI is InChI=1S/C15H25N3O2/c1-12(11-19-3)17-13-4-5-15(16-10-13)20-14-6-8-18(2)9-7-14/h4-5,10,12,14,17H,6-9,11H2,1-3H3/t12-/m0/s1. The van der Waals surface area contributed by atoms with Crippen LogP contribution in [0.2, 0.25) is 0 Å². The Labute approximate surface area is 121 Å². The van der Waals surface area contributed by atoms with Gasteiger partial charge in [-0.1, -0.05) is 0 Å². The zero-order valence-electron chi connectivity index (χ0n) is 12.6. The predicted molar refractivity (Wildman–Crippen MR) is 80.3 cm³/mol. The lowest BCUT2D eigenvalue weighted by atomic mass is 10.1. The molecule has 1 aliphatic rings. The number of pyridine rings is 1. The Kier molecular flexibility index (Phi) is 5.61. The number of anilines is 1. The van der Waals surface area contributed by atoms with Gasteiger partial charge >= 0.3 is 0 Å². The Balaban J connectivity index is 1.82. The molecule has 1 atom stereocenters. The van der Waals surface area contributed by atoms with Gasteiger partial charge in [-0.05, 0) is 32.9 Å². The number of nitrogens with one attached hydrogen (secondary N) is 1. The van der Waals surface area contributed by atoms with E-state index in [-0.39, 0.29) is 6.04 Å². The number of likely N-dealkylation sites (tertiary alicyclic amines) is 1. The number of hydrogen-bond donors (Lipinski definition) is 1. The fourth-order valence-electron chi connectivity index (χ4n) is 2.39. The quantitative estimate of drug-likeness (QED) is 0.863. The van der Waals surface area contributed by atoms with E-state index in [0.29, 0.717) is 18.6 Å². The van der Waals surface area contributed by atoms with Gasteiger partial charge in [0.1, 0.15) is 6.10 Å². The topological polar surface area (TPSA) is 46.6 Å². The van der Waals surface area contributed by atoms with Gasteiger partial charge in [0.15, 0.2) is 0 Å². The zero-order valence-corrected chi connectivity index (χ0v) is 12.6. The molecule has 0 aromatic carbocycles. The first-order valence-electron chi connectivity index (χ1n) is 7.24. The van der Waals surface area contributed by atoms with Gasteiger partial charge in [-0.15, -0.1) is 0 Å². The molecule has 1 fully saturated rings. The monoisotopic (exact) mass is 279 g/mol. The molecule has 0 spiro atoms. The second-order valence-corrected chi connectivity index (χ2v) is 5.51. The first-order valence-corrected chi connectivity index (χ1v) is 7.24. The van der Waals surface area contributed by atoms with E-state index in [2.05, 4.69) is 29.2 Å². The number of hydrogen-bond acceptors (Lipinski definition) is 5. The van der Waals surface area contributed by atoms with E-state index < -0.39 is 0 Å². The summed E-state index contributed by atoms with van der Waals surface area (Å²) in [6.45, 7) is 4.94. The Hall–Kier alpha value is -1.33. The third kappa shape index (κ3) is 4.65. The highest BCUT2D eigenvalue weighted by molar-refractivity contribution is 5.42. The lowest BCUT2D eigenvalue weighted by Crippen LogP contribution is -2.35. The third-order valence-electron chi connectivity index (χ3n) is 3.52. The molecular formula is C15H25N3O2. The maximum Gasteiger partial charge on any atom is 0.213 e. The van der Waals surface area contributed by atoms with Crippen molar-refractivity contribution in [2.24, 2.45) is 0 Å². The molecule has 1 N–H and O–H groups in total. The summed E-state index contributed by atoms with van der Waals surface area (Å²) in [6.07, 6.45) is 4.26. The number of piperidine rings is 1. The minimum absolute atomic E-state index is 0.266. The number of rotatable bonds is 6. The highest BCUT2D eigenvalue weighted by Crippen LogP contribution is 2.18. The van der Waals surface area contributed by atoms with Crippen LogP contribution in [0.15, 0.2) is 18.3 Å². The van der Waals surface area contributed by atoms with Crippen molar-refractivity contribution < 1.29 is 9.47 Å². The number of methoxy groups -OCH3 is 1. The number of ether oxygens (including phenoxy) is 2. The Morgan fingerprint density at radius 3 is 2.75 bits per heavy atom. The molecular weight excluding hydrogens is 254 g/mol. The minimum Gasteiger partial charge on any atom is -0.474 e. The average molecular weight is 279 g/mol. The van der Waals surface area contributed by atoms with E-state index in [1.807, 2.05) is 18.3 Å². The van der Waals surface area contributed by atoms with Crippen molar-refractivity contribution in [3.63, 3.8) is 0 Å². The molecule has 1 aromatic heterocycles. The SMILES string of the molecule is COC[C@H](C)Nc1ccc(OC2CCN(C)CC2)nc1. The molecule has 2 heterocycles. The highest BCUT2D eigenvalue weighted by Gasteiger charge is 2.18. The van der Waals surface area contributed by atoms with Crippen molar-refractivity contribution in [2.45, 2.75) is 31.9 Å². The van der Waals surface area contributed by atoms with Gasteiger partial charge < -0.3 is 19.7 Å². The molecule has 5 nitrogen and oxygen atoms in total. The summed E-state index contributed by atoms with van der Waals surface area (Å²) >= 11 is 0. The molecule has 112 valence electrons. The third-order valence-corrected chi connectivity index (χ3v) is 3.52. The molecule has 1 saturated heterocycles. The van der Waals surface area contributed by atoms with E-state index in [4.69, 9.17) is 9.47 Å². The average Bonchev–Trinajstić information content (AvgIpc) is 2.44. The van der Waals surface area contributed by atoms with E-state index in [1.165, 1.54) is 0 Å². The zero-order chi connectivity index (χ0) is 14.4. The largest absolute Gasteiger partial charge is 0.474 e. The summed E-state index contributed by atoms with van der Waals surface area (Å²) in [4.78, 5) is 6.70. The van der Waals surface area contributed by atoms with Crippen LogP contribution >= 0.6 is 0 Å². The maximum absolute atomic E-state index is 5.92. The molecule has 1 aliphatic heterocycles. The van der Waals surface area contributed by atoms with Gasteiger partial charge in [0, 0.05) is 32.3 Å². The second kappa shape index (κ2) is 7.45. The number of aromatic nitrogens is 1. The van der Waals surface area contributed by atoms with Gasteiger partial charge in [0.05, 0.1) is 18.5 Å². The van der Waals surface area contributed by atoms with Crippen LogP contribution in [0.25, 0.3) is 0 Å². The molecule has 2 rings (SSSR count). The van der Waals surface area contributed by atoms with Gasteiger partial charge in [0.2, 0.25) is 5.88 Å². The van der Waals surface area contributed by atoms with Crippen LogP contribution in [-0.4, -0.2) is 55.9 Å². The van der Waals surface area contributed by atoms with Crippen LogP contribution in [0.1, 0.15) is 19.8 Å². The lowest BCUT2D eigenvalue weighted by Gasteiger charge is -2.28. The fraction of sp³-hybridized carbons (Fsp3) is 0.667. The Morgan fingerprint density at radius 2 is 2.15 bits per heavy atom. The summed E-state index contributed by atoms with van der Waals surface area (Å²) in [5.41, 5.74) is 0.991. The van der Waals surface area contributed by atoms with Crippen molar-refractivity contribution in [2.75, 3.05) is 39.2 Å². The first kappa shape index (κ1) is 15.1. The van der Waals surface area contributed by atoms with Crippen LogP contribution in [0.4, 0.5) is 5.69 Å². The summed E-state index contributed by atoms with van der Waals surface area (Å²) in [6, 6.07) is 4.20. The summed E-state index contributed by atoms with van der Waals surface area (Å²) in [5.74, 6) is 0.712. The molecule has 5 heteroatoms. The van der Waals surface area contributed by atoms with E-state index in [0.717, 1.165) is 31.6 Å². The predicted octanol–water partition coefficient (Wildman–Crippen LogP) is 2.00. The van der Waals surface area contributed by atoms with Gasteiger partial charge in [-0.2, -0.15) is 0 Å². The summed E-state index contributed by atoms with van der Waals surface area (Å²) < 4.78 is 11.0. The molecule has 0 radical (unpaired) electrons. The molecule has 0 unspecified atom stereocenters.